The second-order valence-electron chi connectivity index (χ2n) is 4.62. The SMILES string of the molecule is CNC(=O)CN1CCCC[C@@H]1c1[nH]ncc1C. The fourth-order valence-electron chi connectivity index (χ4n) is 2.46. The van der Waals surface area contributed by atoms with Crippen LogP contribution in [0.1, 0.15) is 36.6 Å². The molecule has 1 atom stereocenters. The predicted molar refractivity (Wildman–Crippen MR) is 65.6 cm³/mol. The Kier molecular flexibility index (Phi) is 3.78. The summed E-state index contributed by atoms with van der Waals surface area (Å²) in [6, 6.07) is 0.309. The molecule has 5 heteroatoms. The van der Waals surface area contributed by atoms with Gasteiger partial charge in [0.2, 0.25) is 5.91 Å². The number of carbonyl (C=O) groups excluding carboxylic acids is 1. The number of aromatic amines is 1. The third kappa shape index (κ3) is 2.66. The number of rotatable bonds is 3. The van der Waals surface area contributed by atoms with Crippen LogP contribution in [0.25, 0.3) is 0 Å². The molecule has 1 aliphatic heterocycles. The van der Waals surface area contributed by atoms with E-state index in [1.807, 2.05) is 6.20 Å². The third-order valence-corrected chi connectivity index (χ3v) is 3.44. The maximum atomic E-state index is 11.5. The lowest BCUT2D eigenvalue weighted by Crippen LogP contribution is -2.41. The van der Waals surface area contributed by atoms with Crippen LogP contribution >= 0.6 is 0 Å². The molecule has 1 amide bonds. The maximum Gasteiger partial charge on any atom is 0.233 e. The van der Waals surface area contributed by atoms with Crippen LogP contribution in [-0.4, -0.2) is 41.1 Å². The van der Waals surface area contributed by atoms with E-state index < -0.39 is 0 Å². The molecule has 1 aliphatic rings. The van der Waals surface area contributed by atoms with E-state index in [1.165, 1.54) is 18.4 Å². The Morgan fingerprint density at radius 2 is 2.47 bits per heavy atom. The van der Waals surface area contributed by atoms with Crippen LogP contribution in [0.2, 0.25) is 0 Å². The van der Waals surface area contributed by atoms with Gasteiger partial charge in [0, 0.05) is 7.05 Å². The van der Waals surface area contributed by atoms with E-state index in [-0.39, 0.29) is 5.91 Å². The fraction of sp³-hybridized carbons (Fsp3) is 0.667. The third-order valence-electron chi connectivity index (χ3n) is 3.44. The number of likely N-dealkylation sites (N-methyl/N-ethyl adjacent to an activating group) is 1. The maximum absolute atomic E-state index is 11.5. The van der Waals surface area contributed by atoms with Crippen LogP contribution < -0.4 is 5.32 Å². The number of likely N-dealkylation sites (tertiary alicyclic amines) is 1. The first kappa shape index (κ1) is 12.1. The first-order chi connectivity index (χ1) is 8.22. The number of carbonyl (C=O) groups is 1. The van der Waals surface area contributed by atoms with Gasteiger partial charge in [0.05, 0.1) is 24.5 Å². The van der Waals surface area contributed by atoms with E-state index in [2.05, 4.69) is 27.3 Å². The Bertz CT molecular complexity index is 388. The molecule has 2 heterocycles. The number of piperidine rings is 1. The van der Waals surface area contributed by atoms with Gasteiger partial charge in [0.15, 0.2) is 0 Å². The van der Waals surface area contributed by atoms with Gasteiger partial charge in [0.25, 0.3) is 0 Å². The molecule has 2 N–H and O–H groups in total. The molecule has 2 rings (SSSR count). The zero-order chi connectivity index (χ0) is 12.3. The summed E-state index contributed by atoms with van der Waals surface area (Å²) in [5.74, 6) is 0.0778. The van der Waals surface area contributed by atoms with Crippen molar-refractivity contribution in [3.05, 3.63) is 17.5 Å². The Balaban J connectivity index is 2.12. The highest BCUT2D eigenvalue weighted by Gasteiger charge is 2.27. The van der Waals surface area contributed by atoms with E-state index in [0.29, 0.717) is 12.6 Å². The topological polar surface area (TPSA) is 61.0 Å². The van der Waals surface area contributed by atoms with Crippen LogP contribution in [0.5, 0.6) is 0 Å². The molecule has 94 valence electrons. The van der Waals surface area contributed by atoms with Gasteiger partial charge >= 0.3 is 0 Å². The van der Waals surface area contributed by atoms with Crippen molar-refractivity contribution < 1.29 is 4.79 Å². The van der Waals surface area contributed by atoms with Crippen LogP contribution in [0.3, 0.4) is 0 Å². The number of H-pyrrole nitrogens is 1. The standard InChI is InChI=1S/C12H20N4O/c1-9-7-14-15-12(9)10-5-3-4-6-16(10)8-11(17)13-2/h7,10H,3-6,8H2,1-2H3,(H,13,17)(H,14,15)/t10-/m1/s1. The van der Waals surface area contributed by atoms with E-state index in [0.717, 1.165) is 18.7 Å². The second kappa shape index (κ2) is 5.31. The van der Waals surface area contributed by atoms with Crippen LogP contribution in [0.4, 0.5) is 0 Å². The molecular formula is C12H20N4O. The fourth-order valence-corrected chi connectivity index (χ4v) is 2.46. The van der Waals surface area contributed by atoms with Crippen molar-refractivity contribution in [3.63, 3.8) is 0 Å². The monoisotopic (exact) mass is 236 g/mol. The molecule has 0 aliphatic carbocycles. The van der Waals surface area contributed by atoms with Gasteiger partial charge in [-0.2, -0.15) is 5.10 Å². The lowest BCUT2D eigenvalue weighted by atomic mass is 9.97. The number of hydrogen-bond acceptors (Lipinski definition) is 3. The summed E-state index contributed by atoms with van der Waals surface area (Å²) in [5, 5.41) is 9.84. The van der Waals surface area contributed by atoms with Crippen molar-refractivity contribution in [1.29, 1.82) is 0 Å². The summed E-state index contributed by atoms with van der Waals surface area (Å²) >= 11 is 0. The molecule has 0 radical (unpaired) electrons. The largest absolute Gasteiger partial charge is 0.358 e. The zero-order valence-corrected chi connectivity index (χ0v) is 10.5. The highest BCUT2D eigenvalue weighted by atomic mass is 16.1. The highest BCUT2D eigenvalue weighted by molar-refractivity contribution is 5.77. The Labute approximate surface area is 102 Å². The van der Waals surface area contributed by atoms with Crippen molar-refractivity contribution in [2.45, 2.75) is 32.2 Å². The molecule has 0 spiro atoms. The molecule has 0 bridgehead atoms. The lowest BCUT2D eigenvalue weighted by Gasteiger charge is -2.34. The molecule has 1 aromatic rings. The van der Waals surface area contributed by atoms with Crippen LogP contribution in [-0.2, 0) is 4.79 Å². The Morgan fingerprint density at radius 3 is 3.12 bits per heavy atom. The molecule has 0 aromatic carbocycles. The average Bonchev–Trinajstić information content (AvgIpc) is 2.76. The molecule has 0 unspecified atom stereocenters. The lowest BCUT2D eigenvalue weighted by molar-refractivity contribution is -0.122. The first-order valence-corrected chi connectivity index (χ1v) is 6.17. The van der Waals surface area contributed by atoms with Crippen molar-refractivity contribution >= 4 is 5.91 Å². The van der Waals surface area contributed by atoms with Crippen molar-refractivity contribution in [1.82, 2.24) is 20.4 Å². The minimum Gasteiger partial charge on any atom is -0.358 e. The summed E-state index contributed by atoms with van der Waals surface area (Å²) < 4.78 is 0. The smallest absolute Gasteiger partial charge is 0.233 e. The molecule has 1 saturated heterocycles. The van der Waals surface area contributed by atoms with Gasteiger partial charge in [-0.25, -0.2) is 0 Å². The zero-order valence-electron chi connectivity index (χ0n) is 10.5. The van der Waals surface area contributed by atoms with E-state index in [1.54, 1.807) is 7.05 Å². The van der Waals surface area contributed by atoms with Gasteiger partial charge in [0.1, 0.15) is 0 Å². The summed E-state index contributed by atoms with van der Waals surface area (Å²) in [4.78, 5) is 13.7. The van der Waals surface area contributed by atoms with Gasteiger partial charge in [-0.05, 0) is 31.9 Å². The van der Waals surface area contributed by atoms with Gasteiger partial charge < -0.3 is 5.32 Å². The normalized spacial score (nSPS) is 21.4. The molecule has 17 heavy (non-hydrogen) atoms. The number of amides is 1. The van der Waals surface area contributed by atoms with Gasteiger partial charge in [-0.15, -0.1) is 0 Å². The molecule has 1 aromatic heterocycles. The number of aromatic nitrogens is 2. The number of nitrogens with zero attached hydrogens (tertiary/aromatic N) is 2. The summed E-state index contributed by atoms with van der Waals surface area (Å²) in [5.41, 5.74) is 2.34. The molecule has 5 nitrogen and oxygen atoms in total. The Morgan fingerprint density at radius 1 is 1.65 bits per heavy atom. The van der Waals surface area contributed by atoms with Crippen molar-refractivity contribution in [2.75, 3.05) is 20.1 Å². The summed E-state index contributed by atoms with van der Waals surface area (Å²) in [7, 11) is 1.68. The van der Waals surface area contributed by atoms with Crippen LogP contribution in [0.15, 0.2) is 6.20 Å². The molecule has 1 fully saturated rings. The minimum atomic E-state index is 0.0778. The first-order valence-electron chi connectivity index (χ1n) is 6.17. The van der Waals surface area contributed by atoms with E-state index in [4.69, 9.17) is 0 Å². The minimum absolute atomic E-state index is 0.0778. The summed E-state index contributed by atoms with van der Waals surface area (Å²) in [6.07, 6.45) is 5.33. The van der Waals surface area contributed by atoms with Gasteiger partial charge in [-0.1, -0.05) is 6.42 Å². The quantitative estimate of drug-likeness (QED) is 0.822. The second-order valence-corrected chi connectivity index (χ2v) is 4.62. The van der Waals surface area contributed by atoms with E-state index >= 15 is 0 Å². The van der Waals surface area contributed by atoms with Gasteiger partial charge in [-0.3, -0.25) is 14.8 Å². The van der Waals surface area contributed by atoms with Crippen molar-refractivity contribution in [3.8, 4) is 0 Å². The van der Waals surface area contributed by atoms with E-state index in [9.17, 15) is 4.79 Å². The molecule has 0 saturated carbocycles. The number of nitrogens with one attached hydrogen (secondary N) is 2. The average molecular weight is 236 g/mol. The molecular weight excluding hydrogens is 216 g/mol. The highest BCUT2D eigenvalue weighted by Crippen LogP contribution is 2.30. The number of aryl methyl sites for hydroxylation is 1. The number of hydrogen-bond donors (Lipinski definition) is 2. The summed E-state index contributed by atoms with van der Waals surface area (Å²) in [6.45, 7) is 3.52. The van der Waals surface area contributed by atoms with Crippen molar-refractivity contribution in [2.24, 2.45) is 0 Å². The van der Waals surface area contributed by atoms with Crippen LogP contribution in [0, 0.1) is 6.92 Å². The predicted octanol–water partition coefficient (Wildman–Crippen LogP) is 0.991. The Hall–Kier alpha value is -1.36.